The van der Waals surface area contributed by atoms with Crippen LogP contribution in [0.3, 0.4) is 0 Å². The summed E-state index contributed by atoms with van der Waals surface area (Å²) in [5.41, 5.74) is 0.856. The summed E-state index contributed by atoms with van der Waals surface area (Å²) >= 11 is 0. The number of furan rings is 1. The summed E-state index contributed by atoms with van der Waals surface area (Å²) in [5, 5.41) is 6.07. The van der Waals surface area contributed by atoms with Crippen molar-refractivity contribution in [2.75, 3.05) is 12.4 Å². The van der Waals surface area contributed by atoms with Gasteiger partial charge in [-0.2, -0.15) is 0 Å². The molecule has 0 bridgehead atoms. The largest absolute Gasteiger partial charge is 0.497 e. The lowest BCUT2D eigenvalue weighted by Gasteiger charge is -2.18. The molecule has 5 nitrogen and oxygen atoms in total. The van der Waals surface area contributed by atoms with Gasteiger partial charge >= 0.3 is 0 Å². The first-order valence-electron chi connectivity index (χ1n) is 6.93. The summed E-state index contributed by atoms with van der Waals surface area (Å²) in [6.45, 7) is 2.35. The number of rotatable bonds is 7. The Bertz CT molecular complexity index is 567. The van der Waals surface area contributed by atoms with Crippen molar-refractivity contribution in [3.63, 3.8) is 0 Å². The molecule has 0 aliphatic carbocycles. The molecule has 0 fully saturated rings. The van der Waals surface area contributed by atoms with Crippen molar-refractivity contribution in [3.05, 3.63) is 48.4 Å². The molecule has 1 heterocycles. The van der Waals surface area contributed by atoms with E-state index in [0.717, 1.165) is 17.2 Å². The highest BCUT2D eigenvalue weighted by molar-refractivity contribution is 5.84. The van der Waals surface area contributed by atoms with Gasteiger partial charge in [0.25, 0.3) is 0 Å². The molecular weight excluding hydrogens is 268 g/mol. The lowest BCUT2D eigenvalue weighted by molar-refractivity contribution is -0.122. The number of ether oxygens (including phenoxy) is 1. The number of amides is 1. The van der Waals surface area contributed by atoms with E-state index in [1.807, 2.05) is 37.3 Å². The molecule has 5 heteroatoms. The molecular formula is C16H20N2O3. The van der Waals surface area contributed by atoms with Crippen molar-refractivity contribution in [1.82, 2.24) is 5.32 Å². The van der Waals surface area contributed by atoms with Crippen molar-refractivity contribution in [1.29, 1.82) is 0 Å². The van der Waals surface area contributed by atoms with Crippen LogP contribution in [0.2, 0.25) is 0 Å². The standard InChI is InChI=1S/C16H20N2O3/c1-3-15(16(19)17-11-14-8-5-9-21-14)18-12-6-4-7-13(10-12)20-2/h4-10,15,18H,3,11H2,1-2H3,(H,17,19)/t15-/m0/s1. The minimum Gasteiger partial charge on any atom is -0.497 e. The average Bonchev–Trinajstić information content (AvgIpc) is 3.04. The zero-order chi connectivity index (χ0) is 15.1. The van der Waals surface area contributed by atoms with E-state index in [2.05, 4.69) is 10.6 Å². The normalized spacial score (nSPS) is 11.7. The zero-order valence-corrected chi connectivity index (χ0v) is 12.3. The SMILES string of the molecule is CC[C@H](Nc1cccc(OC)c1)C(=O)NCc1ccco1. The third-order valence-corrected chi connectivity index (χ3v) is 3.15. The van der Waals surface area contributed by atoms with Gasteiger partial charge in [-0.3, -0.25) is 4.79 Å². The molecule has 0 aliphatic rings. The van der Waals surface area contributed by atoms with Gasteiger partial charge in [-0.15, -0.1) is 0 Å². The smallest absolute Gasteiger partial charge is 0.242 e. The highest BCUT2D eigenvalue weighted by atomic mass is 16.5. The second kappa shape index (κ2) is 7.38. The summed E-state index contributed by atoms with van der Waals surface area (Å²) in [6.07, 6.45) is 2.27. The number of hydrogen-bond donors (Lipinski definition) is 2. The minimum absolute atomic E-state index is 0.0586. The molecule has 112 valence electrons. The van der Waals surface area contributed by atoms with Crippen molar-refractivity contribution >= 4 is 11.6 Å². The van der Waals surface area contributed by atoms with E-state index >= 15 is 0 Å². The van der Waals surface area contributed by atoms with E-state index in [-0.39, 0.29) is 11.9 Å². The van der Waals surface area contributed by atoms with E-state index in [4.69, 9.17) is 9.15 Å². The van der Waals surface area contributed by atoms with Crippen LogP contribution in [0.15, 0.2) is 47.1 Å². The van der Waals surface area contributed by atoms with Crippen LogP contribution in [0, 0.1) is 0 Å². The number of carbonyl (C=O) groups excluding carboxylic acids is 1. The number of benzene rings is 1. The molecule has 1 aromatic carbocycles. The van der Waals surface area contributed by atoms with Gasteiger partial charge in [-0.25, -0.2) is 0 Å². The summed E-state index contributed by atoms with van der Waals surface area (Å²) in [5.74, 6) is 1.43. The maximum atomic E-state index is 12.2. The quantitative estimate of drug-likeness (QED) is 0.822. The molecule has 2 rings (SSSR count). The van der Waals surface area contributed by atoms with Crippen molar-refractivity contribution in [2.45, 2.75) is 25.9 Å². The first-order valence-corrected chi connectivity index (χ1v) is 6.93. The second-order valence-electron chi connectivity index (χ2n) is 4.63. The van der Waals surface area contributed by atoms with Crippen LogP contribution in [-0.2, 0) is 11.3 Å². The topological polar surface area (TPSA) is 63.5 Å². The van der Waals surface area contributed by atoms with Gasteiger partial charge in [0.2, 0.25) is 5.91 Å². The molecule has 2 aromatic rings. The van der Waals surface area contributed by atoms with Gasteiger partial charge in [0.05, 0.1) is 19.9 Å². The monoisotopic (exact) mass is 288 g/mol. The highest BCUT2D eigenvalue weighted by Gasteiger charge is 2.16. The molecule has 0 spiro atoms. The number of carbonyl (C=O) groups is 1. The molecule has 0 aliphatic heterocycles. The molecule has 2 N–H and O–H groups in total. The lowest BCUT2D eigenvalue weighted by Crippen LogP contribution is -2.38. The molecule has 1 aromatic heterocycles. The first-order chi connectivity index (χ1) is 10.2. The molecule has 1 atom stereocenters. The van der Waals surface area contributed by atoms with Crippen LogP contribution in [0.1, 0.15) is 19.1 Å². The maximum absolute atomic E-state index is 12.2. The second-order valence-corrected chi connectivity index (χ2v) is 4.63. The Morgan fingerprint density at radius 1 is 1.33 bits per heavy atom. The van der Waals surface area contributed by atoms with E-state index in [0.29, 0.717) is 13.0 Å². The summed E-state index contributed by atoms with van der Waals surface area (Å²) in [6, 6.07) is 10.8. The third kappa shape index (κ3) is 4.27. The van der Waals surface area contributed by atoms with Crippen LogP contribution in [0.5, 0.6) is 5.75 Å². The minimum atomic E-state index is -0.299. The molecule has 21 heavy (non-hydrogen) atoms. The van der Waals surface area contributed by atoms with Gasteiger partial charge < -0.3 is 19.8 Å². The van der Waals surface area contributed by atoms with E-state index < -0.39 is 0 Å². The Labute approximate surface area is 124 Å². The highest BCUT2D eigenvalue weighted by Crippen LogP contribution is 2.18. The number of nitrogens with one attached hydrogen (secondary N) is 2. The van der Waals surface area contributed by atoms with Crippen LogP contribution < -0.4 is 15.4 Å². The van der Waals surface area contributed by atoms with Crippen LogP contribution in [-0.4, -0.2) is 19.1 Å². The summed E-state index contributed by atoms with van der Waals surface area (Å²) in [7, 11) is 1.62. The zero-order valence-electron chi connectivity index (χ0n) is 12.3. The van der Waals surface area contributed by atoms with Gasteiger partial charge in [-0.05, 0) is 30.7 Å². The average molecular weight is 288 g/mol. The van der Waals surface area contributed by atoms with Crippen LogP contribution >= 0.6 is 0 Å². The summed E-state index contributed by atoms with van der Waals surface area (Å²) in [4.78, 5) is 12.2. The van der Waals surface area contributed by atoms with Gasteiger partial charge in [0.1, 0.15) is 17.6 Å². The van der Waals surface area contributed by atoms with Gasteiger partial charge in [-0.1, -0.05) is 13.0 Å². The summed E-state index contributed by atoms with van der Waals surface area (Å²) < 4.78 is 10.4. The fourth-order valence-corrected chi connectivity index (χ4v) is 1.98. The lowest BCUT2D eigenvalue weighted by atomic mass is 10.2. The maximum Gasteiger partial charge on any atom is 0.242 e. The third-order valence-electron chi connectivity index (χ3n) is 3.15. The Kier molecular flexibility index (Phi) is 5.26. The van der Waals surface area contributed by atoms with Crippen LogP contribution in [0.25, 0.3) is 0 Å². The van der Waals surface area contributed by atoms with E-state index in [1.54, 1.807) is 19.4 Å². The van der Waals surface area contributed by atoms with Crippen molar-refractivity contribution in [2.24, 2.45) is 0 Å². The Morgan fingerprint density at radius 3 is 2.86 bits per heavy atom. The number of methoxy groups -OCH3 is 1. The van der Waals surface area contributed by atoms with E-state index in [9.17, 15) is 4.79 Å². The molecule has 1 amide bonds. The fraction of sp³-hybridized carbons (Fsp3) is 0.312. The van der Waals surface area contributed by atoms with Crippen molar-refractivity contribution in [3.8, 4) is 5.75 Å². The Morgan fingerprint density at radius 2 is 2.19 bits per heavy atom. The Balaban J connectivity index is 1.93. The predicted molar refractivity (Wildman–Crippen MR) is 81.3 cm³/mol. The van der Waals surface area contributed by atoms with E-state index in [1.165, 1.54) is 0 Å². The number of hydrogen-bond acceptors (Lipinski definition) is 4. The van der Waals surface area contributed by atoms with Crippen LogP contribution in [0.4, 0.5) is 5.69 Å². The Hall–Kier alpha value is -2.43. The molecule has 0 radical (unpaired) electrons. The first kappa shape index (κ1) is 15.0. The predicted octanol–water partition coefficient (Wildman–Crippen LogP) is 2.80. The van der Waals surface area contributed by atoms with Crippen molar-refractivity contribution < 1.29 is 13.9 Å². The number of anilines is 1. The molecule has 0 saturated heterocycles. The van der Waals surface area contributed by atoms with Gasteiger partial charge in [0.15, 0.2) is 0 Å². The fourth-order valence-electron chi connectivity index (χ4n) is 1.98. The van der Waals surface area contributed by atoms with Gasteiger partial charge in [0, 0.05) is 11.8 Å². The molecule has 0 unspecified atom stereocenters. The molecule has 0 saturated carbocycles.